The van der Waals surface area contributed by atoms with E-state index in [2.05, 4.69) is 10.2 Å². The van der Waals surface area contributed by atoms with Gasteiger partial charge in [-0.25, -0.2) is 0 Å². The first-order chi connectivity index (χ1) is 9.45. The SMILES string of the molecule is CN(CCC(=O)Nc1c(N)cc(Cl)cc1Cl)CC1CC1. The molecule has 110 valence electrons. The Balaban J connectivity index is 1.84. The van der Waals surface area contributed by atoms with Gasteiger partial charge in [-0.05, 0) is 37.9 Å². The van der Waals surface area contributed by atoms with Gasteiger partial charge in [0.15, 0.2) is 0 Å². The summed E-state index contributed by atoms with van der Waals surface area (Å²) in [6, 6.07) is 3.14. The lowest BCUT2D eigenvalue weighted by Gasteiger charge is -2.16. The van der Waals surface area contributed by atoms with Crippen LogP contribution in [0.3, 0.4) is 0 Å². The van der Waals surface area contributed by atoms with Crippen molar-refractivity contribution in [1.82, 2.24) is 4.90 Å². The van der Waals surface area contributed by atoms with Crippen molar-refractivity contribution in [3.63, 3.8) is 0 Å². The summed E-state index contributed by atoms with van der Waals surface area (Å²) in [6.07, 6.45) is 3.04. The van der Waals surface area contributed by atoms with Gasteiger partial charge in [0.25, 0.3) is 0 Å². The van der Waals surface area contributed by atoms with Crippen molar-refractivity contribution in [2.24, 2.45) is 5.92 Å². The molecule has 4 nitrogen and oxygen atoms in total. The molecular formula is C14H19Cl2N3O. The third kappa shape index (κ3) is 4.54. The monoisotopic (exact) mass is 315 g/mol. The largest absolute Gasteiger partial charge is 0.397 e. The van der Waals surface area contributed by atoms with E-state index < -0.39 is 0 Å². The zero-order valence-electron chi connectivity index (χ0n) is 11.5. The highest BCUT2D eigenvalue weighted by atomic mass is 35.5. The van der Waals surface area contributed by atoms with Crippen LogP contribution in [0.5, 0.6) is 0 Å². The lowest BCUT2D eigenvalue weighted by Crippen LogP contribution is -2.26. The molecule has 1 aliphatic carbocycles. The van der Waals surface area contributed by atoms with Gasteiger partial charge in [-0.3, -0.25) is 4.79 Å². The lowest BCUT2D eigenvalue weighted by molar-refractivity contribution is -0.116. The van der Waals surface area contributed by atoms with E-state index in [1.807, 2.05) is 7.05 Å². The first-order valence-electron chi connectivity index (χ1n) is 6.68. The number of nitrogens with two attached hydrogens (primary N) is 1. The van der Waals surface area contributed by atoms with E-state index in [0.29, 0.717) is 27.8 Å². The minimum Gasteiger partial charge on any atom is -0.397 e. The molecule has 3 N–H and O–H groups in total. The predicted octanol–water partition coefficient (Wildman–Crippen LogP) is 3.25. The molecule has 1 fully saturated rings. The number of benzene rings is 1. The lowest BCUT2D eigenvalue weighted by atomic mass is 10.2. The summed E-state index contributed by atoms with van der Waals surface area (Å²) < 4.78 is 0. The Morgan fingerprint density at radius 3 is 2.75 bits per heavy atom. The summed E-state index contributed by atoms with van der Waals surface area (Å²) in [5, 5.41) is 3.56. The Bertz CT molecular complexity index is 480. The van der Waals surface area contributed by atoms with Gasteiger partial charge in [-0.1, -0.05) is 23.2 Å². The van der Waals surface area contributed by atoms with E-state index in [0.717, 1.165) is 19.0 Å². The molecule has 1 aliphatic rings. The van der Waals surface area contributed by atoms with E-state index >= 15 is 0 Å². The van der Waals surface area contributed by atoms with Gasteiger partial charge < -0.3 is 16.0 Å². The summed E-state index contributed by atoms with van der Waals surface area (Å²) in [7, 11) is 2.04. The molecule has 1 amide bonds. The number of carbonyl (C=O) groups is 1. The molecule has 0 bridgehead atoms. The molecule has 1 saturated carbocycles. The third-order valence-electron chi connectivity index (χ3n) is 3.34. The zero-order valence-corrected chi connectivity index (χ0v) is 13.0. The molecule has 6 heteroatoms. The van der Waals surface area contributed by atoms with E-state index in [4.69, 9.17) is 28.9 Å². The number of anilines is 2. The third-order valence-corrected chi connectivity index (χ3v) is 3.85. The normalized spacial score (nSPS) is 14.6. The van der Waals surface area contributed by atoms with Crippen LogP contribution in [0, 0.1) is 5.92 Å². The summed E-state index contributed by atoms with van der Waals surface area (Å²) in [6.45, 7) is 1.80. The number of hydrogen-bond acceptors (Lipinski definition) is 3. The van der Waals surface area contributed by atoms with Crippen LogP contribution in [0.2, 0.25) is 10.0 Å². The minimum absolute atomic E-state index is 0.0939. The standard InChI is InChI=1S/C14H19Cl2N3O/c1-19(8-9-2-3-9)5-4-13(20)18-14-11(16)6-10(15)7-12(14)17/h6-7,9H,2-5,8,17H2,1H3,(H,18,20). The van der Waals surface area contributed by atoms with Crippen LogP contribution in [0.4, 0.5) is 11.4 Å². The molecule has 0 aromatic heterocycles. The molecule has 1 aromatic carbocycles. The highest BCUT2D eigenvalue weighted by Crippen LogP contribution is 2.32. The Labute approximate surface area is 129 Å². The van der Waals surface area contributed by atoms with Gasteiger partial charge in [-0.15, -0.1) is 0 Å². The molecule has 0 heterocycles. The topological polar surface area (TPSA) is 58.4 Å². The number of nitrogen functional groups attached to an aromatic ring is 1. The summed E-state index contributed by atoms with van der Waals surface area (Å²) in [5.74, 6) is 0.730. The number of hydrogen-bond donors (Lipinski definition) is 2. The molecule has 20 heavy (non-hydrogen) atoms. The number of nitrogens with one attached hydrogen (secondary N) is 1. The van der Waals surface area contributed by atoms with Crippen LogP contribution in [0.15, 0.2) is 12.1 Å². The maximum absolute atomic E-state index is 11.9. The molecule has 2 rings (SSSR count). The predicted molar refractivity (Wildman–Crippen MR) is 84.3 cm³/mol. The van der Waals surface area contributed by atoms with E-state index in [-0.39, 0.29) is 5.91 Å². The van der Waals surface area contributed by atoms with Gasteiger partial charge >= 0.3 is 0 Å². The Morgan fingerprint density at radius 2 is 2.15 bits per heavy atom. The van der Waals surface area contributed by atoms with Gasteiger partial charge in [0, 0.05) is 24.5 Å². The average Bonchev–Trinajstić information content (AvgIpc) is 3.15. The maximum Gasteiger partial charge on any atom is 0.225 e. The van der Waals surface area contributed by atoms with Gasteiger partial charge in [-0.2, -0.15) is 0 Å². The Kier molecular flexibility index (Phi) is 5.13. The fourth-order valence-corrected chi connectivity index (χ4v) is 2.61. The number of rotatable bonds is 6. The van der Waals surface area contributed by atoms with Crippen molar-refractivity contribution in [2.75, 3.05) is 31.2 Å². The fourth-order valence-electron chi connectivity index (χ4n) is 2.05. The molecule has 0 atom stereocenters. The summed E-state index contributed by atoms with van der Waals surface area (Å²) in [5.41, 5.74) is 6.62. The van der Waals surface area contributed by atoms with Crippen LogP contribution in [-0.2, 0) is 4.79 Å². The molecule has 0 spiro atoms. The highest BCUT2D eigenvalue weighted by Gasteiger charge is 2.22. The highest BCUT2D eigenvalue weighted by molar-refractivity contribution is 6.37. The smallest absolute Gasteiger partial charge is 0.225 e. The number of nitrogens with zero attached hydrogens (tertiary/aromatic N) is 1. The molecule has 0 radical (unpaired) electrons. The fraction of sp³-hybridized carbons (Fsp3) is 0.500. The maximum atomic E-state index is 11.9. The van der Waals surface area contributed by atoms with Crippen molar-refractivity contribution in [3.05, 3.63) is 22.2 Å². The van der Waals surface area contributed by atoms with Gasteiger partial charge in [0.2, 0.25) is 5.91 Å². The van der Waals surface area contributed by atoms with Crippen molar-refractivity contribution in [2.45, 2.75) is 19.3 Å². The molecular weight excluding hydrogens is 297 g/mol. The van der Waals surface area contributed by atoms with Crippen LogP contribution in [0.25, 0.3) is 0 Å². The second-order valence-electron chi connectivity index (χ2n) is 5.36. The summed E-state index contributed by atoms with van der Waals surface area (Å²) in [4.78, 5) is 14.1. The minimum atomic E-state index is -0.0939. The number of carbonyl (C=O) groups excluding carboxylic acids is 1. The van der Waals surface area contributed by atoms with E-state index in [1.165, 1.54) is 12.8 Å². The van der Waals surface area contributed by atoms with Crippen LogP contribution in [0.1, 0.15) is 19.3 Å². The second kappa shape index (κ2) is 6.66. The zero-order chi connectivity index (χ0) is 14.7. The Morgan fingerprint density at radius 1 is 1.45 bits per heavy atom. The molecule has 1 aromatic rings. The average molecular weight is 316 g/mol. The van der Waals surface area contributed by atoms with Crippen molar-refractivity contribution < 1.29 is 4.79 Å². The van der Waals surface area contributed by atoms with Crippen LogP contribution >= 0.6 is 23.2 Å². The molecule has 0 unspecified atom stereocenters. The van der Waals surface area contributed by atoms with Crippen LogP contribution in [-0.4, -0.2) is 30.9 Å². The first kappa shape index (κ1) is 15.4. The van der Waals surface area contributed by atoms with Gasteiger partial charge in [0.1, 0.15) is 0 Å². The van der Waals surface area contributed by atoms with Gasteiger partial charge in [0.05, 0.1) is 16.4 Å². The van der Waals surface area contributed by atoms with Crippen molar-refractivity contribution >= 4 is 40.5 Å². The van der Waals surface area contributed by atoms with Crippen LogP contribution < -0.4 is 11.1 Å². The van der Waals surface area contributed by atoms with E-state index in [9.17, 15) is 4.79 Å². The number of amides is 1. The summed E-state index contributed by atoms with van der Waals surface area (Å²) >= 11 is 11.9. The first-order valence-corrected chi connectivity index (χ1v) is 7.44. The quantitative estimate of drug-likeness (QED) is 0.792. The Hall–Kier alpha value is -0.970. The number of halogens is 2. The van der Waals surface area contributed by atoms with Crippen molar-refractivity contribution in [1.29, 1.82) is 0 Å². The molecule has 0 aliphatic heterocycles. The second-order valence-corrected chi connectivity index (χ2v) is 6.20. The van der Waals surface area contributed by atoms with E-state index in [1.54, 1.807) is 12.1 Å². The van der Waals surface area contributed by atoms with Crippen molar-refractivity contribution in [3.8, 4) is 0 Å². The molecule has 0 saturated heterocycles.